The van der Waals surface area contributed by atoms with Crippen molar-refractivity contribution in [3.63, 3.8) is 0 Å². The molecule has 0 saturated heterocycles. The van der Waals surface area contributed by atoms with E-state index >= 15 is 0 Å². The van der Waals surface area contributed by atoms with Crippen LogP contribution in [0.5, 0.6) is 0 Å². The predicted octanol–water partition coefficient (Wildman–Crippen LogP) is 2.65. The third-order valence-electron chi connectivity index (χ3n) is 1.47. The van der Waals surface area contributed by atoms with Crippen molar-refractivity contribution in [2.75, 3.05) is 5.73 Å². The highest BCUT2D eigenvalue weighted by molar-refractivity contribution is 6.30. The molecule has 0 aliphatic rings. The first kappa shape index (κ1) is 8.15. The van der Waals surface area contributed by atoms with Gasteiger partial charge in [0, 0.05) is 10.7 Å². The zero-order chi connectivity index (χ0) is 8.27. The van der Waals surface area contributed by atoms with Gasteiger partial charge >= 0.3 is 0 Å². The summed E-state index contributed by atoms with van der Waals surface area (Å²) in [5, 5.41) is 0.719. The molecule has 0 aliphatic heterocycles. The van der Waals surface area contributed by atoms with E-state index in [0.717, 1.165) is 22.7 Å². The lowest BCUT2D eigenvalue weighted by atomic mass is 10.1. The molecule has 0 aromatic heterocycles. The van der Waals surface area contributed by atoms with Crippen LogP contribution in [-0.4, -0.2) is 0 Å². The minimum absolute atomic E-state index is 0.719. The van der Waals surface area contributed by atoms with Gasteiger partial charge in [0.1, 0.15) is 0 Å². The molecular weight excluding hydrogens is 158 g/mol. The summed E-state index contributed by atoms with van der Waals surface area (Å²) in [5.74, 6) is 0. The number of anilines is 1. The summed E-state index contributed by atoms with van der Waals surface area (Å²) in [6.07, 6.45) is 2.58. The van der Waals surface area contributed by atoms with Crippen molar-refractivity contribution in [1.29, 1.82) is 0 Å². The zero-order valence-corrected chi connectivity index (χ0v) is 6.93. The quantitative estimate of drug-likeness (QED) is 0.532. The number of allylic oxidation sites excluding steroid dienone is 1. The minimum atomic E-state index is 0.719. The molecule has 11 heavy (non-hydrogen) atoms. The van der Waals surface area contributed by atoms with Crippen molar-refractivity contribution in [3.8, 4) is 0 Å². The van der Waals surface area contributed by atoms with Crippen molar-refractivity contribution in [3.05, 3.63) is 41.4 Å². The second-order valence-electron chi connectivity index (χ2n) is 2.34. The number of rotatable bonds is 2. The Morgan fingerprint density at radius 3 is 2.91 bits per heavy atom. The molecule has 1 aromatic rings. The third-order valence-corrected chi connectivity index (χ3v) is 1.70. The highest BCUT2D eigenvalue weighted by Gasteiger charge is 1.96. The van der Waals surface area contributed by atoms with E-state index in [1.165, 1.54) is 0 Å². The molecule has 0 unspecified atom stereocenters. The molecule has 0 heterocycles. The van der Waals surface area contributed by atoms with Gasteiger partial charge in [0.25, 0.3) is 0 Å². The Hall–Kier alpha value is -0.950. The lowest BCUT2D eigenvalue weighted by molar-refractivity contribution is 1.28. The van der Waals surface area contributed by atoms with Crippen LogP contribution >= 0.6 is 11.6 Å². The average molecular weight is 168 g/mol. The number of halogens is 1. The van der Waals surface area contributed by atoms with Crippen LogP contribution in [0, 0.1) is 0 Å². The van der Waals surface area contributed by atoms with Gasteiger partial charge in [-0.2, -0.15) is 0 Å². The smallest absolute Gasteiger partial charge is 0.0410 e. The summed E-state index contributed by atoms with van der Waals surface area (Å²) in [7, 11) is 0. The molecule has 0 fully saturated rings. The molecule has 0 spiro atoms. The maximum absolute atomic E-state index is 5.76. The first-order valence-corrected chi connectivity index (χ1v) is 3.76. The highest BCUT2D eigenvalue weighted by atomic mass is 35.5. The van der Waals surface area contributed by atoms with Crippen LogP contribution in [0.25, 0.3) is 0 Å². The zero-order valence-electron chi connectivity index (χ0n) is 6.18. The van der Waals surface area contributed by atoms with E-state index in [4.69, 9.17) is 17.3 Å². The molecule has 0 radical (unpaired) electrons. The first-order chi connectivity index (χ1) is 5.24. The van der Waals surface area contributed by atoms with Crippen molar-refractivity contribution in [2.45, 2.75) is 6.42 Å². The highest BCUT2D eigenvalue weighted by Crippen LogP contribution is 2.18. The predicted molar refractivity (Wildman–Crippen MR) is 49.8 cm³/mol. The summed E-state index contributed by atoms with van der Waals surface area (Å²) in [5.41, 5.74) is 7.48. The second kappa shape index (κ2) is 3.44. The van der Waals surface area contributed by atoms with Crippen molar-refractivity contribution < 1.29 is 0 Å². The summed E-state index contributed by atoms with van der Waals surface area (Å²) >= 11 is 5.76. The maximum atomic E-state index is 5.76. The fraction of sp³-hybridized carbons (Fsp3) is 0.111. The fourth-order valence-corrected chi connectivity index (χ4v) is 1.10. The van der Waals surface area contributed by atoms with Gasteiger partial charge in [0.05, 0.1) is 0 Å². The van der Waals surface area contributed by atoms with E-state index < -0.39 is 0 Å². The van der Waals surface area contributed by atoms with Gasteiger partial charge in [-0.25, -0.2) is 0 Å². The fourth-order valence-electron chi connectivity index (χ4n) is 0.907. The maximum Gasteiger partial charge on any atom is 0.0410 e. The van der Waals surface area contributed by atoms with Gasteiger partial charge < -0.3 is 5.73 Å². The molecule has 1 nitrogen and oxygen atoms in total. The van der Waals surface area contributed by atoms with E-state index in [0.29, 0.717) is 0 Å². The van der Waals surface area contributed by atoms with E-state index in [-0.39, 0.29) is 0 Å². The molecule has 0 atom stereocenters. The summed E-state index contributed by atoms with van der Waals surface area (Å²) in [4.78, 5) is 0. The SMILES string of the molecule is C=CCc1cc(Cl)ccc1N. The van der Waals surface area contributed by atoms with Gasteiger partial charge in [0.15, 0.2) is 0 Å². The lowest BCUT2D eigenvalue weighted by Crippen LogP contribution is -1.91. The van der Waals surface area contributed by atoms with Crippen LogP contribution in [-0.2, 0) is 6.42 Å². The summed E-state index contributed by atoms with van der Waals surface area (Å²) in [6, 6.07) is 5.45. The Labute approximate surface area is 71.5 Å². The van der Waals surface area contributed by atoms with Gasteiger partial charge in [0.2, 0.25) is 0 Å². The van der Waals surface area contributed by atoms with Crippen molar-refractivity contribution in [1.82, 2.24) is 0 Å². The minimum Gasteiger partial charge on any atom is -0.398 e. The standard InChI is InChI=1S/C9H10ClN/c1-2-3-7-6-8(10)4-5-9(7)11/h2,4-6H,1,3,11H2. The second-order valence-corrected chi connectivity index (χ2v) is 2.77. The van der Waals surface area contributed by atoms with Crippen LogP contribution in [0.1, 0.15) is 5.56 Å². The molecular formula is C9H10ClN. The van der Waals surface area contributed by atoms with E-state index in [2.05, 4.69) is 6.58 Å². The number of hydrogen-bond acceptors (Lipinski definition) is 1. The Morgan fingerprint density at radius 2 is 2.27 bits per heavy atom. The van der Waals surface area contributed by atoms with Crippen LogP contribution in [0.2, 0.25) is 5.02 Å². The largest absolute Gasteiger partial charge is 0.398 e. The molecule has 0 bridgehead atoms. The van der Waals surface area contributed by atoms with Crippen molar-refractivity contribution in [2.24, 2.45) is 0 Å². The van der Waals surface area contributed by atoms with E-state index in [1.807, 2.05) is 12.1 Å². The lowest BCUT2D eigenvalue weighted by Gasteiger charge is -2.01. The van der Waals surface area contributed by atoms with Gasteiger partial charge in [-0.3, -0.25) is 0 Å². The molecule has 1 aromatic carbocycles. The third kappa shape index (κ3) is 1.99. The number of hydrogen-bond donors (Lipinski definition) is 1. The molecule has 0 amide bonds. The number of nitrogens with two attached hydrogens (primary N) is 1. The van der Waals surface area contributed by atoms with Gasteiger partial charge in [-0.1, -0.05) is 17.7 Å². The molecule has 2 heteroatoms. The number of nitrogen functional groups attached to an aromatic ring is 1. The molecule has 0 aliphatic carbocycles. The van der Waals surface area contributed by atoms with Crippen LogP contribution in [0.3, 0.4) is 0 Å². The van der Waals surface area contributed by atoms with Crippen LogP contribution in [0.4, 0.5) is 5.69 Å². The molecule has 58 valence electrons. The van der Waals surface area contributed by atoms with E-state index in [9.17, 15) is 0 Å². The molecule has 0 saturated carbocycles. The van der Waals surface area contributed by atoms with Crippen LogP contribution in [0.15, 0.2) is 30.9 Å². The average Bonchev–Trinajstić information content (AvgIpc) is 1.98. The molecule has 2 N–H and O–H groups in total. The monoisotopic (exact) mass is 167 g/mol. The van der Waals surface area contributed by atoms with Crippen molar-refractivity contribution >= 4 is 17.3 Å². The Balaban J connectivity index is 3.01. The topological polar surface area (TPSA) is 26.0 Å². The molecule has 1 rings (SSSR count). The first-order valence-electron chi connectivity index (χ1n) is 3.39. The number of benzene rings is 1. The Kier molecular flexibility index (Phi) is 2.55. The summed E-state index contributed by atoms with van der Waals surface area (Å²) in [6.45, 7) is 3.63. The Morgan fingerprint density at radius 1 is 1.55 bits per heavy atom. The Bertz CT molecular complexity index is 268. The normalized spacial score (nSPS) is 9.55. The van der Waals surface area contributed by atoms with Gasteiger partial charge in [-0.05, 0) is 30.2 Å². The summed E-state index contributed by atoms with van der Waals surface area (Å²) < 4.78 is 0. The van der Waals surface area contributed by atoms with Gasteiger partial charge in [-0.15, -0.1) is 6.58 Å². The van der Waals surface area contributed by atoms with E-state index in [1.54, 1.807) is 12.1 Å². The van der Waals surface area contributed by atoms with Crippen LogP contribution < -0.4 is 5.73 Å².